The van der Waals surface area contributed by atoms with Crippen molar-refractivity contribution in [2.75, 3.05) is 32.7 Å². The van der Waals surface area contributed by atoms with Gasteiger partial charge in [-0.15, -0.1) is 0 Å². The Morgan fingerprint density at radius 2 is 1.93 bits per heavy atom. The molecule has 1 aliphatic carbocycles. The van der Waals surface area contributed by atoms with Gasteiger partial charge < -0.3 is 18.6 Å². The summed E-state index contributed by atoms with van der Waals surface area (Å²) in [6, 6.07) is 1.62. The highest BCUT2D eigenvalue weighted by Crippen LogP contribution is 2.30. The average molecular weight is 412 g/mol. The molecule has 0 aromatic carbocycles. The van der Waals surface area contributed by atoms with Crippen molar-refractivity contribution in [2.24, 2.45) is 5.10 Å². The van der Waals surface area contributed by atoms with Gasteiger partial charge in [0.05, 0.1) is 17.5 Å². The van der Waals surface area contributed by atoms with E-state index in [0.717, 1.165) is 61.5 Å². The molecule has 1 fully saturated rings. The van der Waals surface area contributed by atoms with Crippen LogP contribution in [-0.2, 0) is 6.42 Å². The minimum absolute atomic E-state index is 0.0601. The molecule has 2 amide bonds. The van der Waals surface area contributed by atoms with Gasteiger partial charge in [0.15, 0.2) is 5.76 Å². The Morgan fingerprint density at radius 3 is 2.60 bits per heavy atom. The molecule has 0 bridgehead atoms. The van der Waals surface area contributed by atoms with Crippen LogP contribution in [0.2, 0.25) is 0 Å². The lowest BCUT2D eigenvalue weighted by molar-refractivity contribution is 0.0609. The molecule has 0 radical (unpaired) electrons. The number of piperazine rings is 1. The van der Waals surface area contributed by atoms with E-state index >= 15 is 0 Å². The standard InChI is InChI=1S/C22H28N4O4/c1-4-25-9-11-26(12-10-25)22(28)20-14(2)19-17(6-5-7-18(19)30-20)23-24-21(27)16-8-13-29-15(16)3/h8,13H,4-7,9-12H2,1-3H3,(H,24,27)/b23-17+. The number of hydrogen-bond donors (Lipinski definition) is 1. The minimum Gasteiger partial charge on any atom is -0.469 e. The number of carbonyl (C=O) groups is 2. The summed E-state index contributed by atoms with van der Waals surface area (Å²) < 4.78 is 11.2. The number of nitrogens with zero attached hydrogens (tertiary/aromatic N) is 3. The molecular weight excluding hydrogens is 384 g/mol. The first-order valence-corrected chi connectivity index (χ1v) is 10.5. The Labute approximate surface area is 175 Å². The van der Waals surface area contributed by atoms with Crippen molar-refractivity contribution in [2.45, 2.75) is 40.0 Å². The van der Waals surface area contributed by atoms with E-state index in [2.05, 4.69) is 22.4 Å². The summed E-state index contributed by atoms with van der Waals surface area (Å²) >= 11 is 0. The Morgan fingerprint density at radius 1 is 1.17 bits per heavy atom. The van der Waals surface area contributed by atoms with Gasteiger partial charge in [-0.05, 0) is 39.3 Å². The predicted molar refractivity (Wildman–Crippen MR) is 112 cm³/mol. The van der Waals surface area contributed by atoms with E-state index < -0.39 is 0 Å². The highest BCUT2D eigenvalue weighted by atomic mass is 16.4. The third-order valence-electron chi connectivity index (χ3n) is 6.02. The average Bonchev–Trinajstić information content (AvgIpc) is 3.35. The van der Waals surface area contributed by atoms with Crippen LogP contribution >= 0.6 is 0 Å². The summed E-state index contributed by atoms with van der Waals surface area (Å²) in [5, 5.41) is 4.37. The van der Waals surface area contributed by atoms with Crippen molar-refractivity contribution in [1.29, 1.82) is 0 Å². The van der Waals surface area contributed by atoms with E-state index in [0.29, 0.717) is 30.2 Å². The third kappa shape index (κ3) is 3.79. The topological polar surface area (TPSA) is 91.3 Å². The van der Waals surface area contributed by atoms with Crippen LogP contribution in [0.15, 0.2) is 26.3 Å². The molecule has 2 aromatic rings. The Balaban J connectivity index is 1.54. The van der Waals surface area contributed by atoms with Gasteiger partial charge in [0.25, 0.3) is 11.8 Å². The molecule has 160 valence electrons. The fourth-order valence-corrected chi connectivity index (χ4v) is 4.19. The number of aryl methyl sites for hydroxylation is 2. The van der Waals surface area contributed by atoms with Crippen molar-refractivity contribution in [3.05, 3.63) is 46.3 Å². The number of hydrazone groups is 1. The monoisotopic (exact) mass is 412 g/mol. The fourth-order valence-electron chi connectivity index (χ4n) is 4.19. The predicted octanol–water partition coefficient (Wildman–Crippen LogP) is 2.74. The lowest BCUT2D eigenvalue weighted by atomic mass is 9.93. The second-order valence-corrected chi connectivity index (χ2v) is 7.82. The second kappa shape index (κ2) is 8.47. The Kier molecular flexibility index (Phi) is 5.76. The van der Waals surface area contributed by atoms with Crippen molar-refractivity contribution >= 4 is 17.5 Å². The number of carbonyl (C=O) groups excluding carboxylic acids is 2. The minimum atomic E-state index is -0.313. The van der Waals surface area contributed by atoms with Gasteiger partial charge in [-0.1, -0.05) is 6.92 Å². The molecule has 1 saturated heterocycles. The van der Waals surface area contributed by atoms with E-state index in [9.17, 15) is 9.59 Å². The summed E-state index contributed by atoms with van der Waals surface area (Å²) in [6.07, 6.45) is 3.83. The van der Waals surface area contributed by atoms with E-state index in [1.165, 1.54) is 6.26 Å². The van der Waals surface area contributed by atoms with Gasteiger partial charge in [0.1, 0.15) is 11.5 Å². The van der Waals surface area contributed by atoms with Crippen LogP contribution in [0, 0.1) is 13.8 Å². The zero-order valence-electron chi connectivity index (χ0n) is 17.8. The van der Waals surface area contributed by atoms with Crippen LogP contribution in [0.1, 0.15) is 63.3 Å². The number of amides is 2. The van der Waals surface area contributed by atoms with Crippen LogP contribution in [0.3, 0.4) is 0 Å². The maximum Gasteiger partial charge on any atom is 0.289 e. The third-order valence-corrected chi connectivity index (χ3v) is 6.02. The van der Waals surface area contributed by atoms with E-state index in [4.69, 9.17) is 8.83 Å². The van der Waals surface area contributed by atoms with Gasteiger partial charge in [-0.2, -0.15) is 5.10 Å². The fraction of sp³-hybridized carbons (Fsp3) is 0.500. The van der Waals surface area contributed by atoms with Gasteiger partial charge in [-0.25, -0.2) is 5.43 Å². The van der Waals surface area contributed by atoms with Crippen LogP contribution in [0.25, 0.3) is 0 Å². The quantitative estimate of drug-likeness (QED) is 0.780. The number of nitrogens with one attached hydrogen (secondary N) is 1. The molecule has 4 rings (SSSR count). The maximum absolute atomic E-state index is 13.1. The number of hydrogen-bond acceptors (Lipinski definition) is 6. The normalized spacial score (nSPS) is 18.5. The van der Waals surface area contributed by atoms with Crippen molar-refractivity contribution in [3.63, 3.8) is 0 Å². The molecule has 0 unspecified atom stereocenters. The van der Waals surface area contributed by atoms with E-state index in [-0.39, 0.29) is 11.8 Å². The Bertz CT molecular complexity index is 979. The highest BCUT2D eigenvalue weighted by Gasteiger charge is 2.31. The van der Waals surface area contributed by atoms with E-state index in [1.807, 2.05) is 11.8 Å². The van der Waals surface area contributed by atoms with Crippen molar-refractivity contribution in [1.82, 2.24) is 15.2 Å². The first-order chi connectivity index (χ1) is 14.5. The molecule has 1 aliphatic heterocycles. The van der Waals surface area contributed by atoms with Crippen LogP contribution < -0.4 is 5.43 Å². The molecule has 2 aliphatic rings. The first-order valence-electron chi connectivity index (χ1n) is 10.5. The van der Waals surface area contributed by atoms with Gasteiger partial charge in [0, 0.05) is 43.7 Å². The molecule has 8 heteroatoms. The SMILES string of the molecule is CCN1CCN(C(=O)c2oc3c(c2C)/C(=N/NC(=O)c2ccoc2C)CCC3)CC1. The Hall–Kier alpha value is -2.87. The number of furan rings is 2. The molecule has 1 N–H and O–H groups in total. The van der Waals surface area contributed by atoms with Gasteiger partial charge in [-0.3, -0.25) is 9.59 Å². The largest absolute Gasteiger partial charge is 0.469 e. The van der Waals surface area contributed by atoms with Gasteiger partial charge in [0.2, 0.25) is 0 Å². The van der Waals surface area contributed by atoms with Crippen LogP contribution in [0.4, 0.5) is 0 Å². The molecule has 2 aromatic heterocycles. The van der Waals surface area contributed by atoms with Crippen LogP contribution in [-0.4, -0.2) is 60.0 Å². The number of rotatable bonds is 4. The molecular formula is C22H28N4O4. The molecule has 0 saturated carbocycles. The van der Waals surface area contributed by atoms with E-state index in [1.54, 1.807) is 13.0 Å². The second-order valence-electron chi connectivity index (χ2n) is 7.82. The summed E-state index contributed by atoms with van der Waals surface area (Å²) in [5.41, 5.74) is 5.50. The summed E-state index contributed by atoms with van der Waals surface area (Å²) in [7, 11) is 0. The maximum atomic E-state index is 13.1. The zero-order chi connectivity index (χ0) is 21.3. The zero-order valence-corrected chi connectivity index (χ0v) is 17.8. The highest BCUT2D eigenvalue weighted by molar-refractivity contribution is 6.07. The number of likely N-dealkylation sites (N-methyl/N-ethyl adjacent to an activating group) is 1. The number of fused-ring (bicyclic) bond motifs is 1. The van der Waals surface area contributed by atoms with Gasteiger partial charge >= 0.3 is 0 Å². The first kappa shape index (κ1) is 20.4. The van der Waals surface area contributed by atoms with Crippen molar-refractivity contribution in [3.8, 4) is 0 Å². The molecule has 3 heterocycles. The molecule has 8 nitrogen and oxygen atoms in total. The lowest BCUT2D eigenvalue weighted by Gasteiger charge is -2.33. The summed E-state index contributed by atoms with van der Waals surface area (Å²) in [4.78, 5) is 29.7. The van der Waals surface area contributed by atoms with Crippen molar-refractivity contribution < 1.29 is 18.4 Å². The molecule has 30 heavy (non-hydrogen) atoms. The molecule has 0 spiro atoms. The lowest BCUT2D eigenvalue weighted by Crippen LogP contribution is -2.48. The molecule has 0 atom stereocenters. The smallest absolute Gasteiger partial charge is 0.289 e. The summed E-state index contributed by atoms with van der Waals surface area (Å²) in [5.74, 6) is 1.35. The summed E-state index contributed by atoms with van der Waals surface area (Å²) in [6.45, 7) is 9.95. The van der Waals surface area contributed by atoms with Crippen LogP contribution in [0.5, 0.6) is 0 Å².